The number of likely N-dealkylation sites (tertiary alicyclic amines) is 1. The van der Waals surface area contributed by atoms with Crippen LogP contribution < -0.4 is 14.5 Å². The van der Waals surface area contributed by atoms with Gasteiger partial charge in [0, 0.05) is 48.7 Å². The Hall–Kier alpha value is -3.62. The lowest BCUT2D eigenvalue weighted by Crippen LogP contribution is -2.38. The van der Waals surface area contributed by atoms with E-state index in [-0.39, 0.29) is 0 Å². The van der Waals surface area contributed by atoms with Crippen LogP contribution in [0, 0.1) is 5.92 Å². The number of nitrogens with zero attached hydrogens (tertiary/aromatic N) is 7. The molecule has 212 valence electrons. The van der Waals surface area contributed by atoms with Crippen molar-refractivity contribution >= 4 is 40.0 Å². The van der Waals surface area contributed by atoms with Gasteiger partial charge in [0.05, 0.1) is 42.3 Å². The molecule has 0 N–H and O–H groups in total. The highest BCUT2D eigenvalue weighted by molar-refractivity contribution is 6.36. The fraction of sp³-hybridized carbons (Fsp3) is 0.406. The summed E-state index contributed by atoms with van der Waals surface area (Å²) in [6.45, 7) is 10.8. The van der Waals surface area contributed by atoms with Gasteiger partial charge in [0.25, 0.3) is 0 Å². The second kappa shape index (κ2) is 11.0. The highest BCUT2D eigenvalue weighted by atomic mass is 35.5. The van der Waals surface area contributed by atoms with Crippen LogP contribution in [0.15, 0.2) is 49.2 Å². The summed E-state index contributed by atoms with van der Waals surface area (Å²) in [5.41, 5.74) is 4.57. The Labute approximate surface area is 246 Å². The van der Waals surface area contributed by atoms with Crippen molar-refractivity contribution in [1.82, 2.24) is 24.4 Å². The Balaban J connectivity index is 1.22. The summed E-state index contributed by atoms with van der Waals surface area (Å²) in [4.78, 5) is 21.8. The molecule has 7 rings (SSSR count). The van der Waals surface area contributed by atoms with Crippen molar-refractivity contribution in [3.05, 3.63) is 77.0 Å². The third-order valence-electron chi connectivity index (χ3n) is 8.76. The van der Waals surface area contributed by atoms with E-state index in [9.17, 15) is 0 Å². The number of rotatable bonds is 6. The first kappa shape index (κ1) is 26.3. The molecule has 3 aliphatic heterocycles. The Morgan fingerprint density at radius 3 is 2.78 bits per heavy atom. The number of aromatic nitrogens is 4. The van der Waals surface area contributed by atoms with E-state index < -0.39 is 0 Å². The summed E-state index contributed by atoms with van der Waals surface area (Å²) in [6.07, 6.45) is 7.03. The topological polar surface area (TPSA) is 62.6 Å². The van der Waals surface area contributed by atoms with Gasteiger partial charge in [-0.05, 0) is 56.4 Å². The fourth-order valence-electron chi connectivity index (χ4n) is 6.71. The van der Waals surface area contributed by atoms with E-state index in [0.717, 1.165) is 84.5 Å². The van der Waals surface area contributed by atoms with Gasteiger partial charge < -0.3 is 24.0 Å². The lowest BCUT2D eigenvalue weighted by Gasteiger charge is -2.36. The molecule has 5 heterocycles. The van der Waals surface area contributed by atoms with E-state index in [4.69, 9.17) is 26.3 Å². The minimum Gasteiger partial charge on any atom is -0.463 e. The third-order valence-corrected chi connectivity index (χ3v) is 9.08. The highest BCUT2D eigenvalue weighted by Crippen LogP contribution is 2.37. The SMILES string of the molecule is C=Cc1ncc2n1CCN(c1nc(OCC3CCCN(C)C3)nc3c1CCN(c1cccc4cccc(Cl)c14)C3)C2. The van der Waals surface area contributed by atoms with E-state index in [1.165, 1.54) is 24.1 Å². The van der Waals surface area contributed by atoms with Gasteiger partial charge in [-0.15, -0.1) is 0 Å². The lowest BCUT2D eigenvalue weighted by molar-refractivity contribution is 0.144. The van der Waals surface area contributed by atoms with Crippen LogP contribution in [0.25, 0.3) is 16.8 Å². The van der Waals surface area contributed by atoms with Gasteiger partial charge in [-0.1, -0.05) is 42.4 Å². The lowest BCUT2D eigenvalue weighted by atomic mass is 10.00. The Bertz CT molecular complexity index is 1600. The van der Waals surface area contributed by atoms with Gasteiger partial charge >= 0.3 is 6.01 Å². The van der Waals surface area contributed by atoms with Crippen LogP contribution in [0.4, 0.5) is 11.5 Å². The number of ether oxygens (including phenoxy) is 1. The first-order valence-corrected chi connectivity index (χ1v) is 15.0. The van der Waals surface area contributed by atoms with E-state index in [0.29, 0.717) is 25.1 Å². The Morgan fingerprint density at radius 2 is 1.93 bits per heavy atom. The summed E-state index contributed by atoms with van der Waals surface area (Å²) in [7, 11) is 2.19. The molecule has 1 atom stereocenters. The van der Waals surface area contributed by atoms with Crippen LogP contribution in [0.2, 0.25) is 5.02 Å². The predicted octanol–water partition coefficient (Wildman–Crippen LogP) is 5.43. The van der Waals surface area contributed by atoms with Gasteiger partial charge in [0.1, 0.15) is 11.6 Å². The molecule has 0 radical (unpaired) electrons. The number of halogens is 1. The largest absolute Gasteiger partial charge is 0.463 e. The van der Waals surface area contributed by atoms with Crippen LogP contribution in [0.3, 0.4) is 0 Å². The summed E-state index contributed by atoms with van der Waals surface area (Å²) in [5.74, 6) is 2.41. The normalized spacial score (nSPS) is 19.2. The van der Waals surface area contributed by atoms with Crippen molar-refractivity contribution in [2.24, 2.45) is 5.92 Å². The molecule has 0 amide bonds. The van der Waals surface area contributed by atoms with E-state index in [2.05, 4.69) is 62.1 Å². The van der Waals surface area contributed by atoms with Crippen LogP contribution in [0.5, 0.6) is 6.01 Å². The van der Waals surface area contributed by atoms with Crippen molar-refractivity contribution in [3.63, 3.8) is 0 Å². The van der Waals surface area contributed by atoms with Crippen molar-refractivity contribution in [2.45, 2.75) is 38.9 Å². The van der Waals surface area contributed by atoms with Gasteiger partial charge in [0.15, 0.2) is 0 Å². The molecule has 1 fully saturated rings. The first-order valence-electron chi connectivity index (χ1n) is 14.6. The molecule has 1 unspecified atom stereocenters. The number of imidazole rings is 1. The van der Waals surface area contributed by atoms with Gasteiger partial charge in [0.2, 0.25) is 0 Å². The maximum absolute atomic E-state index is 6.72. The summed E-state index contributed by atoms with van der Waals surface area (Å²) in [6, 6.07) is 13.0. The monoisotopic (exact) mass is 569 g/mol. The van der Waals surface area contributed by atoms with Gasteiger partial charge in [-0.2, -0.15) is 9.97 Å². The molecule has 8 nitrogen and oxygen atoms in total. The molecule has 1 saturated heterocycles. The molecule has 4 aromatic rings. The van der Waals surface area contributed by atoms with Crippen LogP contribution >= 0.6 is 11.6 Å². The average Bonchev–Trinajstić information content (AvgIpc) is 3.42. The van der Waals surface area contributed by atoms with Crippen molar-refractivity contribution in [3.8, 4) is 6.01 Å². The third kappa shape index (κ3) is 5.04. The van der Waals surface area contributed by atoms with Crippen molar-refractivity contribution in [1.29, 1.82) is 0 Å². The number of anilines is 2. The van der Waals surface area contributed by atoms with E-state index in [1.807, 2.05) is 24.4 Å². The molecule has 9 heteroatoms. The number of fused-ring (bicyclic) bond motifs is 3. The van der Waals surface area contributed by atoms with Gasteiger partial charge in [-0.3, -0.25) is 0 Å². The smallest absolute Gasteiger partial charge is 0.318 e. The van der Waals surface area contributed by atoms with E-state index in [1.54, 1.807) is 0 Å². The molecule has 0 saturated carbocycles. The summed E-state index contributed by atoms with van der Waals surface area (Å²) < 4.78 is 8.62. The molecule has 2 aromatic heterocycles. The van der Waals surface area contributed by atoms with Crippen LogP contribution in [-0.2, 0) is 26.1 Å². The minimum absolute atomic E-state index is 0.482. The Morgan fingerprint density at radius 1 is 1.05 bits per heavy atom. The minimum atomic E-state index is 0.482. The number of benzene rings is 2. The highest BCUT2D eigenvalue weighted by Gasteiger charge is 2.29. The maximum atomic E-state index is 6.72. The molecular weight excluding hydrogens is 534 g/mol. The molecule has 0 spiro atoms. The zero-order valence-electron chi connectivity index (χ0n) is 23.6. The second-order valence-corrected chi connectivity index (χ2v) is 11.9. The molecule has 3 aliphatic rings. The van der Waals surface area contributed by atoms with Crippen molar-refractivity contribution < 1.29 is 4.74 Å². The number of hydrogen-bond acceptors (Lipinski definition) is 7. The molecular formula is C32H36ClN7O. The molecule has 2 aromatic carbocycles. The molecule has 41 heavy (non-hydrogen) atoms. The number of hydrogen-bond donors (Lipinski definition) is 0. The van der Waals surface area contributed by atoms with Crippen LogP contribution in [-0.4, -0.2) is 64.3 Å². The zero-order chi connectivity index (χ0) is 27.9. The number of piperidine rings is 1. The summed E-state index contributed by atoms with van der Waals surface area (Å²) >= 11 is 6.72. The second-order valence-electron chi connectivity index (χ2n) is 11.5. The van der Waals surface area contributed by atoms with E-state index >= 15 is 0 Å². The fourth-order valence-corrected chi connectivity index (χ4v) is 6.99. The zero-order valence-corrected chi connectivity index (χ0v) is 24.4. The average molecular weight is 570 g/mol. The van der Waals surface area contributed by atoms with Crippen LogP contribution in [0.1, 0.15) is 35.6 Å². The molecule has 0 aliphatic carbocycles. The quantitative estimate of drug-likeness (QED) is 0.307. The van der Waals surface area contributed by atoms with Gasteiger partial charge in [-0.25, -0.2) is 4.98 Å². The summed E-state index contributed by atoms with van der Waals surface area (Å²) in [5, 5.41) is 3.02. The maximum Gasteiger partial charge on any atom is 0.318 e. The van der Waals surface area contributed by atoms with Crippen molar-refractivity contribution in [2.75, 3.05) is 49.6 Å². The molecule has 0 bridgehead atoms. The first-order chi connectivity index (χ1) is 20.1. The standard InChI is InChI=1S/C32H36ClN7O/c1-3-29-34-17-24-19-39(15-16-40(24)29)31-25-12-14-38(28-11-5-9-23-8-4-10-26(33)30(23)28)20-27(25)35-32(36-31)41-21-22-7-6-13-37(2)18-22/h3-5,8-11,17,22H,1,6-7,12-16,18-21H2,2H3. The Kier molecular flexibility index (Phi) is 7.04. The predicted molar refractivity (Wildman–Crippen MR) is 165 cm³/mol.